The number of allylic oxidation sites excluding steroid dienone is 4. The van der Waals surface area contributed by atoms with Crippen molar-refractivity contribution in [1.29, 1.82) is 0 Å². The second-order valence-electron chi connectivity index (χ2n) is 12.5. The van der Waals surface area contributed by atoms with Crippen molar-refractivity contribution in [1.82, 2.24) is 0 Å². The fourth-order valence-electron chi connectivity index (χ4n) is 6.44. The minimum Gasteiger partial charge on any atom is -0.481 e. The first-order valence-electron chi connectivity index (χ1n) is 14.9. The normalized spacial score (nSPS) is 18.1. The number of carboxylic acid groups (broad SMARTS) is 1. The number of para-hydroxylation sites is 1. The summed E-state index contributed by atoms with van der Waals surface area (Å²) in [7, 11) is -8.96. The molecule has 2 aliphatic heterocycles. The summed E-state index contributed by atoms with van der Waals surface area (Å²) in [6, 6.07) is 9.34. The Morgan fingerprint density at radius 3 is 2.28 bits per heavy atom. The molecule has 0 unspecified atom stereocenters. The molecule has 11 nitrogen and oxygen atoms in total. The van der Waals surface area contributed by atoms with E-state index in [-0.39, 0.29) is 16.2 Å². The molecule has 0 radical (unpaired) electrons. The summed E-state index contributed by atoms with van der Waals surface area (Å²) < 4.78 is 79.8. The molecule has 0 amide bonds. The summed E-state index contributed by atoms with van der Waals surface area (Å²) in [6.07, 6.45) is 8.24. The van der Waals surface area contributed by atoms with E-state index in [4.69, 9.17) is 5.11 Å². The van der Waals surface area contributed by atoms with Gasteiger partial charge in [0.25, 0.3) is 10.1 Å². The van der Waals surface area contributed by atoms with Gasteiger partial charge in [-0.1, -0.05) is 38.5 Å². The zero-order valence-corrected chi connectivity index (χ0v) is 28.8. The Morgan fingerprint density at radius 1 is 0.935 bits per heavy atom. The molecule has 2 heterocycles. The van der Waals surface area contributed by atoms with Crippen LogP contribution in [0.5, 0.6) is 0 Å². The summed E-state index contributed by atoms with van der Waals surface area (Å²) in [4.78, 5) is 12.7. The number of aliphatic carboxylic acids is 1. The van der Waals surface area contributed by atoms with Crippen LogP contribution in [0.2, 0.25) is 0 Å². The molecule has 0 bridgehead atoms. The number of carbonyl (C=O) groups is 1. The van der Waals surface area contributed by atoms with Crippen LogP contribution in [0.3, 0.4) is 0 Å². The molecule has 0 atom stereocenters. The van der Waals surface area contributed by atoms with Crippen LogP contribution in [0, 0.1) is 0 Å². The van der Waals surface area contributed by atoms with Gasteiger partial charge >= 0.3 is 16.1 Å². The third-order valence-electron chi connectivity index (χ3n) is 8.71. The average molecular weight is 694 g/mol. The lowest BCUT2D eigenvalue weighted by Gasteiger charge is -2.27. The number of fused-ring (bicyclic) bond motifs is 2. The Bertz CT molecular complexity index is 1830. The Kier molecular flexibility index (Phi) is 10.6. The Balaban J connectivity index is 1.80. The predicted molar refractivity (Wildman–Crippen MR) is 179 cm³/mol. The largest absolute Gasteiger partial charge is 0.481 e. The fourth-order valence-corrected chi connectivity index (χ4v) is 7.92. The number of carboxylic acids is 1. The van der Waals surface area contributed by atoms with Gasteiger partial charge in [0.05, 0.1) is 10.3 Å². The van der Waals surface area contributed by atoms with Gasteiger partial charge in [-0.15, -0.1) is 0 Å². The van der Waals surface area contributed by atoms with Gasteiger partial charge in [-0.05, 0) is 74.6 Å². The average Bonchev–Trinajstić information content (AvgIpc) is 3.30. The van der Waals surface area contributed by atoms with Crippen LogP contribution < -0.4 is 4.90 Å². The van der Waals surface area contributed by atoms with E-state index in [1.807, 2.05) is 56.6 Å². The van der Waals surface area contributed by atoms with Gasteiger partial charge in [0, 0.05) is 53.6 Å². The van der Waals surface area contributed by atoms with E-state index >= 15 is 0 Å². The minimum atomic E-state index is -4.53. The van der Waals surface area contributed by atoms with E-state index in [0.29, 0.717) is 62.3 Å². The SMILES string of the molecule is CC1(C)C(=CC=CC2=[N+](CCCSO)c3c(cccc3S(=O)(=O)O)C2(C)C)N(CCCCCC(=O)O)c2ccc(S(=O)(=O)O)cc21. The van der Waals surface area contributed by atoms with Crippen LogP contribution >= 0.6 is 12.0 Å². The van der Waals surface area contributed by atoms with Gasteiger partial charge in [-0.3, -0.25) is 13.9 Å². The monoisotopic (exact) mass is 693 g/mol. The molecule has 2 aromatic carbocycles. The molecular formula is C32H41N2O9S3+. The first kappa shape index (κ1) is 35.8. The molecule has 0 aromatic heterocycles. The maximum atomic E-state index is 12.4. The van der Waals surface area contributed by atoms with Crippen molar-refractivity contribution in [2.24, 2.45) is 0 Å². The van der Waals surface area contributed by atoms with Crippen LogP contribution in [-0.2, 0) is 35.9 Å². The number of unbranched alkanes of at least 4 members (excludes halogenated alkanes) is 2. The number of hydrogen-bond donors (Lipinski definition) is 4. The van der Waals surface area contributed by atoms with Crippen LogP contribution in [-0.4, -0.2) is 70.7 Å². The molecule has 14 heteroatoms. The van der Waals surface area contributed by atoms with E-state index in [1.54, 1.807) is 12.1 Å². The number of benzene rings is 2. The summed E-state index contributed by atoms with van der Waals surface area (Å²) in [6.45, 7) is 8.82. The predicted octanol–water partition coefficient (Wildman–Crippen LogP) is 6.04. The van der Waals surface area contributed by atoms with E-state index in [2.05, 4.69) is 4.90 Å². The first-order chi connectivity index (χ1) is 21.4. The van der Waals surface area contributed by atoms with E-state index in [0.717, 1.165) is 28.2 Å². The highest BCUT2D eigenvalue weighted by atomic mass is 32.2. The lowest BCUT2D eigenvalue weighted by Crippen LogP contribution is -2.28. The standard InChI is InChI=1S/C32H40N2O9S3/c1-31(2)23-11-8-12-26(46(41,42)43)30(23)34(19-10-20-44-37)28(31)14-9-13-27-32(3,4)24-21-22(45(38,39)40)16-17-25(24)33(27)18-7-5-6-15-29(35)36/h8-9,11-14,16-17,21H,5-7,10,15,18-20H2,1-4H3,(H3-,35,36,37,38,39,40,41,42,43)/p+1. The zero-order chi connectivity index (χ0) is 34.1. The van der Waals surface area contributed by atoms with Gasteiger partial charge in [0.1, 0.15) is 6.54 Å². The molecule has 0 saturated carbocycles. The van der Waals surface area contributed by atoms with Gasteiger partial charge in [-0.2, -0.15) is 21.4 Å². The van der Waals surface area contributed by atoms with Gasteiger partial charge in [0.2, 0.25) is 5.69 Å². The highest BCUT2D eigenvalue weighted by molar-refractivity contribution is 7.93. The number of rotatable bonds is 14. The topological polar surface area (TPSA) is 173 Å². The summed E-state index contributed by atoms with van der Waals surface area (Å²) in [5.74, 6) is -0.417. The lowest BCUT2D eigenvalue weighted by atomic mass is 9.81. The zero-order valence-electron chi connectivity index (χ0n) is 26.3. The van der Waals surface area contributed by atoms with Crippen molar-refractivity contribution in [3.8, 4) is 0 Å². The Labute approximate surface area is 275 Å². The molecule has 0 aliphatic carbocycles. The quantitative estimate of drug-likeness (QED) is 0.0787. The second-order valence-corrected chi connectivity index (χ2v) is 16.0. The Hall–Kier alpha value is -3.01. The molecule has 2 aromatic rings. The number of nitrogens with zero attached hydrogens (tertiary/aromatic N) is 2. The second kappa shape index (κ2) is 13.6. The smallest absolute Gasteiger partial charge is 0.303 e. The molecular weight excluding hydrogens is 653 g/mol. The minimum absolute atomic E-state index is 0.0782. The molecule has 46 heavy (non-hydrogen) atoms. The van der Waals surface area contributed by atoms with E-state index < -0.39 is 37.0 Å². The molecule has 0 saturated heterocycles. The first-order valence-corrected chi connectivity index (χ1v) is 18.8. The van der Waals surface area contributed by atoms with Crippen molar-refractivity contribution >= 4 is 55.3 Å². The van der Waals surface area contributed by atoms with Gasteiger partial charge in [-0.25, -0.2) is 0 Å². The van der Waals surface area contributed by atoms with Crippen molar-refractivity contribution < 1.29 is 45.0 Å². The molecule has 4 N–H and O–H groups in total. The van der Waals surface area contributed by atoms with Crippen molar-refractivity contribution in [3.63, 3.8) is 0 Å². The van der Waals surface area contributed by atoms with Crippen LogP contribution in [0.15, 0.2) is 70.1 Å². The molecule has 250 valence electrons. The van der Waals surface area contributed by atoms with Crippen LogP contribution in [0.1, 0.15) is 70.9 Å². The van der Waals surface area contributed by atoms with E-state index in [1.165, 1.54) is 18.2 Å². The number of anilines is 1. The van der Waals surface area contributed by atoms with Crippen LogP contribution in [0.4, 0.5) is 11.4 Å². The maximum Gasteiger partial charge on any atom is 0.303 e. The summed E-state index contributed by atoms with van der Waals surface area (Å²) in [5, 5.41) is 9.02. The highest BCUT2D eigenvalue weighted by Crippen LogP contribution is 2.49. The van der Waals surface area contributed by atoms with Gasteiger partial charge in [0.15, 0.2) is 10.6 Å². The van der Waals surface area contributed by atoms with Crippen molar-refractivity contribution in [2.45, 2.75) is 80.4 Å². The molecule has 4 rings (SSSR count). The maximum absolute atomic E-state index is 12.4. The van der Waals surface area contributed by atoms with E-state index in [9.17, 15) is 35.3 Å². The van der Waals surface area contributed by atoms with Crippen molar-refractivity contribution in [2.75, 3.05) is 23.7 Å². The molecule has 0 spiro atoms. The summed E-state index contributed by atoms with van der Waals surface area (Å²) >= 11 is 0.700. The van der Waals surface area contributed by atoms with Crippen molar-refractivity contribution in [3.05, 3.63) is 71.5 Å². The van der Waals surface area contributed by atoms with Crippen LogP contribution in [0.25, 0.3) is 0 Å². The molecule has 2 aliphatic rings. The Morgan fingerprint density at radius 2 is 1.65 bits per heavy atom. The number of hydrogen-bond acceptors (Lipinski definition) is 8. The van der Waals surface area contributed by atoms with Gasteiger partial charge < -0.3 is 14.6 Å². The third-order valence-corrected chi connectivity index (χ3v) is 10.9. The third kappa shape index (κ3) is 7.26. The fraction of sp³-hybridized carbons (Fsp3) is 0.438. The lowest BCUT2D eigenvalue weighted by molar-refractivity contribution is -0.440. The molecule has 0 fully saturated rings. The highest BCUT2D eigenvalue weighted by Gasteiger charge is 2.47. The summed E-state index contributed by atoms with van der Waals surface area (Å²) in [5.41, 5.74) is 2.99.